The van der Waals surface area contributed by atoms with Crippen LogP contribution in [0.5, 0.6) is 0 Å². The second kappa shape index (κ2) is 18.4. The largest absolute Gasteiger partial charge is 0.494 e. The lowest BCUT2D eigenvalue weighted by Crippen LogP contribution is -2.41. The summed E-state index contributed by atoms with van der Waals surface area (Å²) in [4.78, 5) is 0. The molecule has 7 aromatic rings. The molecule has 3 aliphatic rings. The molecular formula is C65H73B3O6. The molecule has 378 valence electrons. The van der Waals surface area contributed by atoms with Crippen molar-refractivity contribution in [3.8, 4) is 33.4 Å². The highest BCUT2D eigenvalue weighted by Gasteiger charge is 2.54. The van der Waals surface area contributed by atoms with Crippen molar-refractivity contribution >= 4 is 37.7 Å². The second-order valence-electron chi connectivity index (χ2n) is 24.7. The van der Waals surface area contributed by atoms with E-state index in [0.717, 1.165) is 44.2 Å². The zero-order valence-corrected chi connectivity index (χ0v) is 46.3. The Morgan fingerprint density at radius 2 is 0.405 bits per heavy atom. The van der Waals surface area contributed by atoms with Crippen LogP contribution in [0.2, 0.25) is 0 Å². The molecule has 0 N–H and O–H groups in total. The number of rotatable bonds is 11. The Morgan fingerprint density at radius 1 is 0.243 bits per heavy atom. The summed E-state index contributed by atoms with van der Waals surface area (Å²) in [5, 5.41) is 0. The summed E-state index contributed by atoms with van der Waals surface area (Å²) in [5.74, 6) is 0. The highest BCUT2D eigenvalue weighted by Crippen LogP contribution is 2.43. The molecule has 3 saturated heterocycles. The SMILES string of the molecule is CC(C)(c1ccc(-c2ccc(B3OC(C)(C)C(C)(C)O3)cc2)cc1)c1ccc(C(C)(c2ccc(-c3ccc(B4OC(C)(C)C(C)(C)O4)cc3)cc2)c2ccc(-c3ccc(B4OC(C)(C)C(C)(C)O4)cc3)cc2)cc1. The molecular weight excluding hydrogens is 909 g/mol. The minimum Gasteiger partial charge on any atom is -0.399 e. The van der Waals surface area contributed by atoms with Gasteiger partial charge in [-0.15, -0.1) is 0 Å². The Morgan fingerprint density at radius 3 is 0.622 bits per heavy atom. The molecule has 0 bridgehead atoms. The average molecular weight is 983 g/mol. The van der Waals surface area contributed by atoms with Crippen LogP contribution in [0.3, 0.4) is 0 Å². The molecule has 6 nitrogen and oxygen atoms in total. The first-order chi connectivity index (χ1) is 34.7. The Labute approximate surface area is 443 Å². The molecule has 3 aliphatic heterocycles. The van der Waals surface area contributed by atoms with Crippen molar-refractivity contribution in [2.24, 2.45) is 0 Å². The van der Waals surface area contributed by atoms with Gasteiger partial charge in [-0.05, 0) is 168 Å². The molecule has 0 aromatic heterocycles. The topological polar surface area (TPSA) is 55.4 Å². The molecule has 0 atom stereocenters. The van der Waals surface area contributed by atoms with Gasteiger partial charge in [0.25, 0.3) is 0 Å². The summed E-state index contributed by atoms with van der Waals surface area (Å²) >= 11 is 0. The lowest BCUT2D eigenvalue weighted by Gasteiger charge is -2.33. The third-order valence-electron chi connectivity index (χ3n) is 18.0. The Hall–Kier alpha value is -5.51. The Kier molecular flexibility index (Phi) is 12.9. The minimum atomic E-state index is -0.472. The number of benzene rings is 7. The fourth-order valence-corrected chi connectivity index (χ4v) is 10.4. The van der Waals surface area contributed by atoms with Gasteiger partial charge < -0.3 is 27.9 Å². The van der Waals surface area contributed by atoms with E-state index < -0.39 is 42.1 Å². The zero-order valence-electron chi connectivity index (χ0n) is 46.3. The van der Waals surface area contributed by atoms with Crippen LogP contribution >= 0.6 is 0 Å². The highest BCUT2D eigenvalue weighted by molar-refractivity contribution is 6.63. The van der Waals surface area contributed by atoms with E-state index in [9.17, 15) is 0 Å². The molecule has 0 amide bonds. The van der Waals surface area contributed by atoms with Gasteiger partial charge in [-0.3, -0.25) is 0 Å². The molecule has 0 aliphatic carbocycles. The van der Waals surface area contributed by atoms with Gasteiger partial charge >= 0.3 is 21.4 Å². The van der Waals surface area contributed by atoms with Crippen molar-refractivity contribution in [3.05, 3.63) is 198 Å². The third kappa shape index (κ3) is 9.26. The predicted octanol–water partition coefficient (Wildman–Crippen LogP) is 13.3. The van der Waals surface area contributed by atoms with Gasteiger partial charge in [-0.25, -0.2) is 0 Å². The summed E-state index contributed by atoms with van der Waals surface area (Å²) < 4.78 is 38.1. The van der Waals surface area contributed by atoms with E-state index in [1.165, 1.54) is 33.4 Å². The van der Waals surface area contributed by atoms with Gasteiger partial charge in [0.2, 0.25) is 0 Å². The molecule has 3 heterocycles. The van der Waals surface area contributed by atoms with Gasteiger partial charge in [-0.2, -0.15) is 0 Å². The molecule has 0 unspecified atom stereocenters. The maximum Gasteiger partial charge on any atom is 0.494 e. The summed E-state index contributed by atoms with van der Waals surface area (Å²) in [6.45, 7) is 32.1. The summed E-state index contributed by atoms with van der Waals surface area (Å²) in [7, 11) is -1.17. The molecule has 3 fully saturated rings. The minimum absolute atomic E-state index is 0.243. The van der Waals surface area contributed by atoms with E-state index in [4.69, 9.17) is 27.9 Å². The first kappa shape index (κ1) is 52.0. The monoisotopic (exact) mass is 983 g/mol. The zero-order chi connectivity index (χ0) is 52.9. The smallest absolute Gasteiger partial charge is 0.399 e. The molecule has 0 spiro atoms. The highest BCUT2D eigenvalue weighted by atomic mass is 16.7. The fraction of sp³-hybridized carbons (Fsp3) is 0.354. The van der Waals surface area contributed by atoms with Crippen LogP contribution in [-0.4, -0.2) is 55.0 Å². The van der Waals surface area contributed by atoms with Crippen molar-refractivity contribution in [2.75, 3.05) is 0 Å². The second-order valence-corrected chi connectivity index (χ2v) is 24.7. The molecule has 7 aromatic carbocycles. The van der Waals surface area contributed by atoms with Gasteiger partial charge in [0.15, 0.2) is 0 Å². The van der Waals surface area contributed by atoms with Crippen LogP contribution in [0.15, 0.2) is 170 Å². The van der Waals surface area contributed by atoms with Gasteiger partial charge in [0, 0.05) is 10.8 Å². The first-order valence-corrected chi connectivity index (χ1v) is 26.5. The standard InChI is InChI=1S/C65H73B3O6/c1-58(2,50-28-16-44(17-29-50)47-22-38-55(39-23-47)66-69-59(3,4)60(5,6)70-66)51-34-36-54(37-35-51)65(15,52-30-18-45(19-31-52)48-24-40-56(41-25-48)67-71-61(7,8)62(9,10)72-67)53-32-20-46(21-33-53)49-26-42-57(43-27-49)68-73-63(11,12)64(13,14)74-68/h16-43H,1-15H3. The number of hydrogen-bond acceptors (Lipinski definition) is 6. The molecule has 0 radical (unpaired) electrons. The van der Waals surface area contributed by atoms with E-state index in [-0.39, 0.29) is 23.7 Å². The van der Waals surface area contributed by atoms with Gasteiger partial charge in [0.1, 0.15) is 0 Å². The fourth-order valence-electron chi connectivity index (χ4n) is 10.4. The van der Waals surface area contributed by atoms with Crippen LogP contribution in [0.4, 0.5) is 0 Å². The van der Waals surface area contributed by atoms with E-state index in [0.29, 0.717) is 0 Å². The quantitative estimate of drug-likeness (QED) is 0.0951. The van der Waals surface area contributed by atoms with Crippen molar-refractivity contribution in [1.82, 2.24) is 0 Å². The Bertz CT molecular complexity index is 2950. The van der Waals surface area contributed by atoms with Crippen LogP contribution in [0.25, 0.3) is 33.4 Å². The first-order valence-electron chi connectivity index (χ1n) is 26.5. The normalized spacial score (nSPS) is 19.5. The van der Waals surface area contributed by atoms with Crippen molar-refractivity contribution in [3.63, 3.8) is 0 Å². The summed E-state index contributed by atoms with van der Waals surface area (Å²) in [6, 6.07) is 62.3. The van der Waals surface area contributed by atoms with Crippen LogP contribution in [-0.2, 0) is 38.8 Å². The van der Waals surface area contributed by atoms with Crippen molar-refractivity contribution in [2.45, 2.75) is 148 Å². The van der Waals surface area contributed by atoms with Crippen LogP contribution in [0.1, 0.15) is 132 Å². The predicted molar refractivity (Wildman–Crippen MR) is 307 cm³/mol. The average Bonchev–Trinajstić information content (AvgIpc) is 3.85. The lowest BCUT2D eigenvalue weighted by molar-refractivity contribution is 0.00578. The van der Waals surface area contributed by atoms with E-state index in [2.05, 4.69) is 274 Å². The third-order valence-corrected chi connectivity index (χ3v) is 18.0. The molecule has 0 saturated carbocycles. The van der Waals surface area contributed by atoms with Gasteiger partial charge in [0.05, 0.1) is 33.6 Å². The van der Waals surface area contributed by atoms with E-state index in [1.807, 2.05) is 0 Å². The maximum atomic E-state index is 6.36. The molecule has 10 rings (SSSR count). The van der Waals surface area contributed by atoms with Crippen LogP contribution < -0.4 is 16.4 Å². The maximum absolute atomic E-state index is 6.36. The van der Waals surface area contributed by atoms with Gasteiger partial charge in [-0.1, -0.05) is 184 Å². The molecule has 9 heteroatoms. The van der Waals surface area contributed by atoms with Crippen molar-refractivity contribution < 1.29 is 27.9 Å². The lowest BCUT2D eigenvalue weighted by atomic mass is 9.69. The van der Waals surface area contributed by atoms with Crippen LogP contribution in [0, 0.1) is 0 Å². The van der Waals surface area contributed by atoms with Crippen molar-refractivity contribution in [1.29, 1.82) is 0 Å². The summed E-state index contributed by atoms with van der Waals surface area (Å²) in [6.07, 6.45) is 0. The van der Waals surface area contributed by atoms with E-state index in [1.54, 1.807) is 0 Å². The Balaban J connectivity index is 0.916. The summed E-state index contributed by atoms with van der Waals surface area (Å²) in [5.41, 5.74) is 13.1. The van der Waals surface area contributed by atoms with E-state index >= 15 is 0 Å². The molecule has 74 heavy (non-hydrogen) atoms. The number of hydrogen-bond donors (Lipinski definition) is 0.